The summed E-state index contributed by atoms with van der Waals surface area (Å²) in [6.45, 7) is 1.76. The van der Waals surface area contributed by atoms with Crippen LogP contribution in [0.5, 0.6) is 0 Å². The lowest BCUT2D eigenvalue weighted by atomic mass is 10.0. The summed E-state index contributed by atoms with van der Waals surface area (Å²) in [5.41, 5.74) is 2.43. The van der Waals surface area contributed by atoms with Gasteiger partial charge >= 0.3 is 5.97 Å². The maximum Gasteiger partial charge on any atom is 0.326 e. The summed E-state index contributed by atoms with van der Waals surface area (Å²) < 4.78 is 4.12. The smallest absolute Gasteiger partial charge is 0.326 e. The molecule has 2 aromatic rings. The normalized spacial score (nSPS) is 18.0. The second-order valence-corrected chi connectivity index (χ2v) is 8.46. The van der Waals surface area contributed by atoms with Crippen molar-refractivity contribution >= 4 is 45.1 Å². The molecule has 0 bridgehead atoms. The molecule has 2 unspecified atom stereocenters. The van der Waals surface area contributed by atoms with Gasteiger partial charge in [-0.1, -0.05) is 18.2 Å². The Kier molecular flexibility index (Phi) is 6.76. The Balaban J connectivity index is 1.54. The van der Waals surface area contributed by atoms with Crippen LogP contribution in [0.4, 0.5) is 0 Å². The van der Waals surface area contributed by atoms with Gasteiger partial charge in [-0.15, -0.1) is 4.47 Å². The number of hydrogen-bond donors (Lipinski definition) is 4. The number of benzene rings is 1. The summed E-state index contributed by atoms with van der Waals surface area (Å²) >= 11 is 0. The van der Waals surface area contributed by atoms with E-state index in [0.717, 1.165) is 16.5 Å². The summed E-state index contributed by atoms with van der Waals surface area (Å²) in [6, 6.07) is 6.61. The molecule has 1 saturated heterocycles. The van der Waals surface area contributed by atoms with E-state index in [9.17, 15) is 19.5 Å². The predicted octanol–water partition coefficient (Wildman–Crippen LogP) is 1.33. The van der Waals surface area contributed by atoms with Crippen LogP contribution in [0.25, 0.3) is 10.9 Å². The van der Waals surface area contributed by atoms with Crippen molar-refractivity contribution in [2.75, 3.05) is 11.6 Å². The second kappa shape index (κ2) is 9.46. The number of nitrogens with one attached hydrogen (secondary N) is 3. The van der Waals surface area contributed by atoms with E-state index in [1.807, 2.05) is 24.3 Å². The Hall–Kier alpha value is -3.01. The Labute approximate surface area is 170 Å². The lowest BCUT2D eigenvalue weighted by molar-refractivity contribution is -0.141. The highest BCUT2D eigenvalue weighted by Crippen LogP contribution is 2.19. The molecule has 2 atom stereocenters. The number of fused-ring (bicyclic) bond motifs is 1. The molecule has 9 nitrogen and oxygen atoms in total. The van der Waals surface area contributed by atoms with E-state index in [2.05, 4.69) is 25.2 Å². The van der Waals surface area contributed by atoms with Crippen LogP contribution in [0.3, 0.4) is 0 Å². The zero-order valence-electron chi connectivity index (χ0n) is 16.0. The molecule has 0 spiro atoms. The monoisotopic (exact) mass is 417 g/mol. The summed E-state index contributed by atoms with van der Waals surface area (Å²) in [5, 5.41) is 19.8. The molecule has 3 rings (SSSR count). The predicted molar refractivity (Wildman–Crippen MR) is 112 cm³/mol. The minimum atomic E-state index is -1.08. The molecule has 10 heteroatoms. The fourth-order valence-corrected chi connectivity index (χ4v) is 4.14. The van der Waals surface area contributed by atoms with Gasteiger partial charge in [0, 0.05) is 35.7 Å². The summed E-state index contributed by atoms with van der Waals surface area (Å²) in [4.78, 5) is 38.1. The molecular formula is C19H23N5O4S. The molecule has 1 aliphatic heterocycles. The number of aromatic nitrogens is 1. The zero-order chi connectivity index (χ0) is 20.8. The number of carbonyl (C=O) groups excluding carboxylic acids is 2. The number of carboxylic acids is 1. The molecule has 0 radical (unpaired) electrons. The second-order valence-electron chi connectivity index (χ2n) is 6.79. The molecule has 0 saturated carbocycles. The SMILES string of the molecule is C/C(CCC(=O)NC(Cc1c[nH]c2ccccc12)C(=O)O)=N\N=S1/CNC(=O)C1. The zero-order valence-corrected chi connectivity index (χ0v) is 16.8. The molecule has 2 heterocycles. The third-order valence-electron chi connectivity index (χ3n) is 4.51. The number of rotatable bonds is 8. The van der Waals surface area contributed by atoms with Gasteiger partial charge in [0.15, 0.2) is 0 Å². The summed E-state index contributed by atoms with van der Waals surface area (Å²) in [5.74, 6) is -0.606. The van der Waals surface area contributed by atoms with Gasteiger partial charge in [0.25, 0.3) is 0 Å². The highest BCUT2D eigenvalue weighted by molar-refractivity contribution is 7.88. The van der Waals surface area contributed by atoms with E-state index in [0.29, 0.717) is 23.8 Å². The van der Waals surface area contributed by atoms with Gasteiger partial charge in [0.05, 0.1) is 11.6 Å². The topological polar surface area (TPSA) is 136 Å². The van der Waals surface area contributed by atoms with Crippen LogP contribution in [-0.2, 0) is 31.5 Å². The lowest BCUT2D eigenvalue weighted by Crippen LogP contribution is -2.42. The molecule has 0 aliphatic carbocycles. The van der Waals surface area contributed by atoms with Crippen LogP contribution < -0.4 is 10.6 Å². The average Bonchev–Trinajstić information content (AvgIpc) is 3.30. The molecule has 154 valence electrons. The Morgan fingerprint density at radius 2 is 2.10 bits per heavy atom. The fourth-order valence-electron chi connectivity index (χ4n) is 2.93. The minimum Gasteiger partial charge on any atom is -0.480 e. The first kappa shape index (κ1) is 20.7. The Morgan fingerprint density at radius 1 is 1.31 bits per heavy atom. The van der Waals surface area contributed by atoms with Crippen LogP contribution >= 0.6 is 0 Å². The number of carbonyl (C=O) groups is 3. The van der Waals surface area contributed by atoms with E-state index >= 15 is 0 Å². The van der Waals surface area contributed by atoms with Crippen molar-refractivity contribution in [3.63, 3.8) is 0 Å². The van der Waals surface area contributed by atoms with Crippen molar-refractivity contribution in [2.24, 2.45) is 9.57 Å². The molecular weight excluding hydrogens is 394 g/mol. The molecule has 1 aliphatic rings. The Morgan fingerprint density at radius 3 is 2.83 bits per heavy atom. The summed E-state index contributed by atoms with van der Waals surface area (Å²) in [6.07, 6.45) is 2.45. The first-order valence-corrected chi connectivity index (χ1v) is 10.7. The third kappa shape index (κ3) is 5.74. The van der Waals surface area contributed by atoms with Crippen LogP contribution in [-0.4, -0.2) is 51.3 Å². The van der Waals surface area contributed by atoms with E-state index in [4.69, 9.17) is 0 Å². The average molecular weight is 417 g/mol. The standard InChI is InChI=1S/C19H23N5O4S/c1-12(23-24-29-10-18(26)21-11-29)6-7-17(25)22-16(19(27)28)8-13-9-20-15-5-3-2-4-14(13)15/h2-5,9,16,20H,6-8,10-11H2,1H3,(H,21,26)(H,22,25)(H,27,28)/b23-12+. The highest BCUT2D eigenvalue weighted by Gasteiger charge is 2.22. The maximum absolute atomic E-state index is 12.2. The van der Waals surface area contributed by atoms with Crippen LogP contribution in [0.1, 0.15) is 25.3 Å². The number of para-hydroxylation sites is 1. The van der Waals surface area contributed by atoms with Crippen molar-refractivity contribution in [1.82, 2.24) is 15.6 Å². The van der Waals surface area contributed by atoms with Crippen molar-refractivity contribution in [2.45, 2.75) is 32.2 Å². The largest absolute Gasteiger partial charge is 0.480 e. The van der Waals surface area contributed by atoms with Gasteiger partial charge in [-0.05, 0) is 35.7 Å². The minimum absolute atomic E-state index is 0.0285. The number of aliphatic carboxylic acids is 1. The van der Waals surface area contributed by atoms with Crippen molar-refractivity contribution in [3.8, 4) is 0 Å². The molecule has 1 aromatic carbocycles. The molecule has 1 aromatic heterocycles. The number of amides is 2. The van der Waals surface area contributed by atoms with Gasteiger partial charge in [-0.2, -0.15) is 5.10 Å². The Bertz CT molecular complexity index is 997. The van der Waals surface area contributed by atoms with Crippen molar-refractivity contribution < 1.29 is 19.5 Å². The van der Waals surface area contributed by atoms with Gasteiger partial charge in [-0.3, -0.25) is 9.59 Å². The number of H-pyrrole nitrogens is 1. The fraction of sp³-hybridized carbons (Fsp3) is 0.368. The van der Waals surface area contributed by atoms with Crippen molar-refractivity contribution in [1.29, 1.82) is 0 Å². The van der Waals surface area contributed by atoms with E-state index < -0.39 is 22.7 Å². The lowest BCUT2D eigenvalue weighted by Gasteiger charge is -2.14. The van der Waals surface area contributed by atoms with Crippen LogP contribution in [0, 0.1) is 0 Å². The number of nitrogens with zero attached hydrogens (tertiary/aromatic N) is 2. The van der Waals surface area contributed by atoms with Gasteiger partial charge < -0.3 is 20.7 Å². The molecule has 4 N–H and O–H groups in total. The number of hydrogen-bond acceptors (Lipinski definition) is 4. The van der Waals surface area contributed by atoms with Gasteiger partial charge in [0.1, 0.15) is 6.04 Å². The van der Waals surface area contributed by atoms with E-state index in [1.165, 1.54) is 0 Å². The first-order valence-electron chi connectivity index (χ1n) is 9.18. The van der Waals surface area contributed by atoms with Crippen LogP contribution in [0.15, 0.2) is 40.0 Å². The van der Waals surface area contributed by atoms with E-state index in [-0.39, 0.29) is 24.7 Å². The summed E-state index contributed by atoms with van der Waals surface area (Å²) in [7, 11) is -0.442. The van der Waals surface area contributed by atoms with E-state index in [1.54, 1.807) is 13.1 Å². The van der Waals surface area contributed by atoms with Crippen LogP contribution in [0.2, 0.25) is 0 Å². The molecule has 29 heavy (non-hydrogen) atoms. The maximum atomic E-state index is 12.2. The first-order chi connectivity index (χ1) is 13.9. The molecule has 1 fully saturated rings. The highest BCUT2D eigenvalue weighted by atomic mass is 32.2. The van der Waals surface area contributed by atoms with Gasteiger partial charge in [0.2, 0.25) is 11.8 Å². The van der Waals surface area contributed by atoms with Gasteiger partial charge in [-0.25, -0.2) is 4.79 Å². The van der Waals surface area contributed by atoms with Crippen molar-refractivity contribution in [3.05, 3.63) is 36.0 Å². The number of carboxylic acid groups (broad SMARTS) is 1. The molecule has 2 amide bonds. The third-order valence-corrected chi connectivity index (χ3v) is 5.89. The number of aromatic amines is 1. The quantitative estimate of drug-likeness (QED) is 0.380.